The molecule has 1 aromatic carbocycles. The lowest BCUT2D eigenvalue weighted by Gasteiger charge is -2.15. The van der Waals surface area contributed by atoms with E-state index in [0.29, 0.717) is 24.3 Å². The van der Waals surface area contributed by atoms with Crippen LogP contribution in [0.3, 0.4) is 0 Å². The Morgan fingerprint density at radius 1 is 1.11 bits per heavy atom. The van der Waals surface area contributed by atoms with E-state index in [1.54, 1.807) is 11.7 Å². The van der Waals surface area contributed by atoms with Crippen LogP contribution in [-0.4, -0.2) is 32.4 Å². The van der Waals surface area contributed by atoms with Gasteiger partial charge in [-0.15, -0.1) is 0 Å². The smallest absolute Gasteiger partial charge is 0.332 e. The Kier molecular flexibility index (Phi) is 5.32. The maximum absolute atomic E-state index is 12.9. The van der Waals surface area contributed by atoms with Crippen LogP contribution in [0.2, 0.25) is 0 Å². The molecule has 0 aliphatic heterocycles. The number of hydrogen-bond acceptors (Lipinski definition) is 4. The van der Waals surface area contributed by atoms with Gasteiger partial charge in [0.2, 0.25) is 0 Å². The summed E-state index contributed by atoms with van der Waals surface area (Å²) in [4.78, 5) is 30.4. The van der Waals surface area contributed by atoms with Crippen molar-refractivity contribution >= 4 is 11.2 Å². The van der Waals surface area contributed by atoms with Crippen LogP contribution in [0.25, 0.3) is 11.2 Å². The fraction of sp³-hybridized carbons (Fsp3) is 0.450. The van der Waals surface area contributed by atoms with Crippen molar-refractivity contribution in [2.75, 3.05) is 13.7 Å². The van der Waals surface area contributed by atoms with Gasteiger partial charge in [0.25, 0.3) is 5.56 Å². The molecule has 0 radical (unpaired) electrons. The van der Waals surface area contributed by atoms with E-state index < -0.39 is 0 Å². The summed E-state index contributed by atoms with van der Waals surface area (Å²) in [6, 6.07) is 9.90. The van der Waals surface area contributed by atoms with E-state index in [4.69, 9.17) is 9.72 Å². The first-order chi connectivity index (χ1) is 12.9. The number of imidazole rings is 1. The van der Waals surface area contributed by atoms with E-state index in [-0.39, 0.29) is 23.2 Å². The van der Waals surface area contributed by atoms with Gasteiger partial charge < -0.3 is 9.30 Å². The number of fused-ring (bicyclic) bond motifs is 1. The lowest BCUT2D eigenvalue weighted by molar-refractivity contribution is 0.187. The molecule has 2 heterocycles. The highest BCUT2D eigenvalue weighted by molar-refractivity contribution is 5.71. The predicted molar refractivity (Wildman–Crippen MR) is 105 cm³/mol. The van der Waals surface area contributed by atoms with Crippen LogP contribution < -0.4 is 11.2 Å². The molecule has 0 bridgehead atoms. The zero-order chi connectivity index (χ0) is 19.7. The molecule has 0 saturated heterocycles. The van der Waals surface area contributed by atoms with Gasteiger partial charge in [0.1, 0.15) is 5.82 Å². The molecular formula is C20H26N4O3. The van der Waals surface area contributed by atoms with Crippen LogP contribution in [-0.2, 0) is 18.3 Å². The van der Waals surface area contributed by atoms with Crippen molar-refractivity contribution in [3.8, 4) is 0 Å². The SMILES string of the molecule is COCCn1c(C(C)c2ccccc2)nc2c1c(=O)n(C)c(=O)n2C(C)C. The van der Waals surface area contributed by atoms with Gasteiger partial charge >= 0.3 is 5.69 Å². The van der Waals surface area contributed by atoms with Crippen molar-refractivity contribution in [2.24, 2.45) is 7.05 Å². The quantitative estimate of drug-likeness (QED) is 0.667. The minimum Gasteiger partial charge on any atom is -0.383 e. The van der Waals surface area contributed by atoms with Crippen LogP contribution in [0, 0.1) is 0 Å². The third kappa shape index (κ3) is 3.23. The fourth-order valence-corrected chi connectivity index (χ4v) is 3.43. The summed E-state index contributed by atoms with van der Waals surface area (Å²) >= 11 is 0. The Balaban J connectivity index is 2.37. The van der Waals surface area contributed by atoms with Crippen molar-refractivity contribution < 1.29 is 4.74 Å². The number of nitrogens with zero attached hydrogens (tertiary/aromatic N) is 4. The van der Waals surface area contributed by atoms with Gasteiger partial charge in [-0.3, -0.25) is 13.9 Å². The van der Waals surface area contributed by atoms with E-state index in [2.05, 4.69) is 6.92 Å². The van der Waals surface area contributed by atoms with Crippen LogP contribution in [0.5, 0.6) is 0 Å². The van der Waals surface area contributed by atoms with Crippen molar-refractivity contribution in [2.45, 2.75) is 39.3 Å². The zero-order valence-corrected chi connectivity index (χ0v) is 16.5. The number of hydrogen-bond donors (Lipinski definition) is 0. The largest absolute Gasteiger partial charge is 0.383 e. The van der Waals surface area contributed by atoms with Crippen molar-refractivity contribution in [3.63, 3.8) is 0 Å². The molecule has 3 rings (SSSR count). The van der Waals surface area contributed by atoms with Crippen LogP contribution >= 0.6 is 0 Å². The monoisotopic (exact) mass is 370 g/mol. The molecule has 1 atom stereocenters. The summed E-state index contributed by atoms with van der Waals surface area (Å²) in [7, 11) is 3.14. The van der Waals surface area contributed by atoms with Gasteiger partial charge in [-0.1, -0.05) is 37.3 Å². The van der Waals surface area contributed by atoms with Gasteiger partial charge in [-0.2, -0.15) is 0 Å². The molecule has 0 aliphatic carbocycles. The molecule has 0 saturated carbocycles. The molecule has 144 valence electrons. The minimum atomic E-state index is -0.349. The van der Waals surface area contributed by atoms with Crippen LogP contribution in [0.1, 0.15) is 44.1 Å². The van der Waals surface area contributed by atoms with E-state index >= 15 is 0 Å². The normalized spacial score (nSPS) is 12.8. The third-order valence-corrected chi connectivity index (χ3v) is 4.93. The molecule has 0 N–H and O–H groups in total. The first kappa shape index (κ1) is 19.1. The van der Waals surface area contributed by atoms with Crippen molar-refractivity contribution in [1.29, 1.82) is 0 Å². The molecule has 0 spiro atoms. The highest BCUT2D eigenvalue weighted by Gasteiger charge is 2.24. The van der Waals surface area contributed by atoms with Gasteiger partial charge in [0, 0.05) is 32.7 Å². The Labute approximate surface area is 157 Å². The van der Waals surface area contributed by atoms with Crippen LogP contribution in [0.15, 0.2) is 39.9 Å². The molecule has 0 amide bonds. The number of aromatic nitrogens is 4. The average Bonchev–Trinajstić information content (AvgIpc) is 3.03. The standard InChI is InChI=1S/C20H26N4O3/c1-13(2)24-18-16(19(25)22(4)20(24)26)23(11-12-27-5)17(21-18)14(3)15-9-7-6-8-10-15/h6-10,13-14H,11-12H2,1-5H3. The lowest BCUT2D eigenvalue weighted by Crippen LogP contribution is -2.39. The third-order valence-electron chi connectivity index (χ3n) is 4.93. The summed E-state index contributed by atoms with van der Waals surface area (Å²) in [6.45, 7) is 6.83. The summed E-state index contributed by atoms with van der Waals surface area (Å²) in [5.74, 6) is 0.723. The highest BCUT2D eigenvalue weighted by atomic mass is 16.5. The Bertz CT molecular complexity index is 1060. The molecule has 27 heavy (non-hydrogen) atoms. The maximum Gasteiger partial charge on any atom is 0.332 e. The second-order valence-electron chi connectivity index (χ2n) is 7.03. The number of ether oxygens (including phenoxy) is 1. The van der Waals surface area contributed by atoms with Gasteiger partial charge in [-0.25, -0.2) is 9.78 Å². The lowest BCUT2D eigenvalue weighted by atomic mass is 10.0. The molecule has 2 aromatic heterocycles. The highest BCUT2D eigenvalue weighted by Crippen LogP contribution is 2.26. The van der Waals surface area contributed by atoms with Gasteiger partial charge in [0.05, 0.1) is 6.61 Å². The van der Waals surface area contributed by atoms with Gasteiger partial charge in [-0.05, 0) is 19.4 Å². The zero-order valence-electron chi connectivity index (χ0n) is 16.5. The number of rotatable bonds is 6. The Morgan fingerprint density at radius 2 is 1.78 bits per heavy atom. The maximum atomic E-state index is 12.9. The first-order valence-electron chi connectivity index (χ1n) is 9.14. The molecular weight excluding hydrogens is 344 g/mol. The van der Waals surface area contributed by atoms with Crippen molar-refractivity contribution in [3.05, 3.63) is 62.6 Å². The fourth-order valence-electron chi connectivity index (χ4n) is 3.43. The summed E-state index contributed by atoms with van der Waals surface area (Å²) in [5.41, 5.74) is 1.30. The van der Waals surface area contributed by atoms with E-state index in [9.17, 15) is 9.59 Å². The summed E-state index contributed by atoms with van der Waals surface area (Å²) in [6.07, 6.45) is 0. The number of methoxy groups -OCH3 is 1. The van der Waals surface area contributed by atoms with Crippen molar-refractivity contribution in [1.82, 2.24) is 18.7 Å². The van der Waals surface area contributed by atoms with E-state index in [1.807, 2.05) is 48.7 Å². The van der Waals surface area contributed by atoms with Gasteiger partial charge in [0.15, 0.2) is 11.2 Å². The molecule has 1 unspecified atom stereocenters. The van der Waals surface area contributed by atoms with E-state index in [0.717, 1.165) is 16.0 Å². The number of benzene rings is 1. The molecule has 7 nitrogen and oxygen atoms in total. The topological polar surface area (TPSA) is 71.1 Å². The summed E-state index contributed by atoms with van der Waals surface area (Å²) < 4.78 is 9.89. The Morgan fingerprint density at radius 3 is 2.37 bits per heavy atom. The van der Waals surface area contributed by atoms with E-state index in [1.165, 1.54) is 7.05 Å². The molecule has 0 aliphatic rings. The molecule has 7 heteroatoms. The molecule has 3 aromatic rings. The second-order valence-corrected chi connectivity index (χ2v) is 7.03. The summed E-state index contributed by atoms with van der Waals surface area (Å²) in [5, 5.41) is 0. The molecule has 0 fully saturated rings. The minimum absolute atomic E-state index is 0.0316. The van der Waals surface area contributed by atoms with Crippen LogP contribution in [0.4, 0.5) is 0 Å². The average molecular weight is 370 g/mol. The second kappa shape index (κ2) is 7.52. The Hall–Kier alpha value is -2.67. The first-order valence-corrected chi connectivity index (χ1v) is 9.14. The predicted octanol–water partition coefficient (Wildman–Crippen LogP) is 2.28.